The average molecular weight is 289 g/mol. The number of fused-ring (bicyclic) bond motifs is 1. The Bertz CT molecular complexity index is 658. The molecule has 6 nitrogen and oxygen atoms in total. The number of hydrogen-bond acceptors (Lipinski definition) is 5. The van der Waals surface area contributed by atoms with E-state index in [1.54, 1.807) is 5.38 Å². The zero-order chi connectivity index (χ0) is 14.3. The standard InChI is InChI=1S/C13H11N3O3S/c14-4-10-7-5-16(13(19)8(7)6-20-10)9-2-1-3-11(17)15-12(9)18/h6,9H,1-3,5H2,(H,15,17,18)/t9-/m0/s1. The molecule has 0 spiro atoms. The molecule has 3 amide bonds. The molecular formula is C13H11N3O3S. The van der Waals surface area contributed by atoms with Gasteiger partial charge in [-0.05, 0) is 12.8 Å². The number of rotatable bonds is 1. The van der Waals surface area contributed by atoms with Crippen LogP contribution in [-0.4, -0.2) is 28.7 Å². The van der Waals surface area contributed by atoms with Gasteiger partial charge in [-0.1, -0.05) is 0 Å². The second kappa shape index (κ2) is 4.72. The van der Waals surface area contributed by atoms with Gasteiger partial charge in [-0.25, -0.2) is 0 Å². The zero-order valence-electron chi connectivity index (χ0n) is 10.5. The van der Waals surface area contributed by atoms with Crippen LogP contribution in [0.3, 0.4) is 0 Å². The van der Waals surface area contributed by atoms with E-state index in [9.17, 15) is 14.4 Å². The van der Waals surface area contributed by atoms with Gasteiger partial charge in [-0.2, -0.15) is 5.26 Å². The van der Waals surface area contributed by atoms with E-state index < -0.39 is 11.9 Å². The predicted molar refractivity (Wildman–Crippen MR) is 69.7 cm³/mol. The van der Waals surface area contributed by atoms with E-state index in [2.05, 4.69) is 11.4 Å². The largest absolute Gasteiger partial charge is 0.322 e. The van der Waals surface area contributed by atoms with Crippen LogP contribution >= 0.6 is 11.3 Å². The van der Waals surface area contributed by atoms with E-state index >= 15 is 0 Å². The molecule has 3 rings (SSSR count). The van der Waals surface area contributed by atoms with Crippen LogP contribution in [0.4, 0.5) is 0 Å². The Labute approximate surface area is 119 Å². The summed E-state index contributed by atoms with van der Waals surface area (Å²) in [6, 6.07) is 1.44. The molecule has 2 aliphatic heterocycles. The lowest BCUT2D eigenvalue weighted by Crippen LogP contribution is -2.47. The van der Waals surface area contributed by atoms with Gasteiger partial charge in [0, 0.05) is 23.9 Å². The maximum Gasteiger partial charge on any atom is 0.256 e. The number of amides is 3. The molecule has 0 saturated carbocycles. The molecule has 0 radical (unpaired) electrons. The van der Waals surface area contributed by atoms with Gasteiger partial charge in [0.1, 0.15) is 17.0 Å². The maximum atomic E-state index is 12.3. The highest BCUT2D eigenvalue weighted by atomic mass is 32.1. The molecule has 0 aliphatic carbocycles. The fourth-order valence-electron chi connectivity index (χ4n) is 2.63. The van der Waals surface area contributed by atoms with Crippen LogP contribution in [0.2, 0.25) is 0 Å². The van der Waals surface area contributed by atoms with Crippen LogP contribution in [0.25, 0.3) is 0 Å². The van der Waals surface area contributed by atoms with Crippen molar-refractivity contribution in [3.05, 3.63) is 21.4 Å². The Hall–Kier alpha value is -2.20. The van der Waals surface area contributed by atoms with Gasteiger partial charge in [0.05, 0.1) is 5.56 Å². The fraction of sp³-hybridized carbons (Fsp3) is 0.385. The number of nitriles is 1. The Balaban J connectivity index is 1.88. The minimum atomic E-state index is -0.627. The number of carbonyl (C=O) groups is 3. The van der Waals surface area contributed by atoms with Gasteiger partial charge in [0.15, 0.2) is 0 Å². The molecule has 1 N–H and O–H groups in total. The SMILES string of the molecule is N#Cc1scc2c1CN([C@H]1CCCC(=O)NC1=O)C2=O. The van der Waals surface area contributed by atoms with Crippen molar-refractivity contribution in [2.24, 2.45) is 0 Å². The molecule has 0 aromatic carbocycles. The quantitative estimate of drug-likeness (QED) is 0.773. The first-order chi connectivity index (χ1) is 9.61. The van der Waals surface area contributed by atoms with Crippen molar-refractivity contribution in [3.8, 4) is 6.07 Å². The summed E-state index contributed by atoms with van der Waals surface area (Å²) in [6.45, 7) is 0.271. The van der Waals surface area contributed by atoms with Gasteiger partial charge in [0.25, 0.3) is 5.91 Å². The van der Waals surface area contributed by atoms with E-state index in [4.69, 9.17) is 5.26 Å². The van der Waals surface area contributed by atoms with Crippen molar-refractivity contribution in [2.45, 2.75) is 31.8 Å². The fourth-order valence-corrected chi connectivity index (χ4v) is 3.48. The van der Waals surface area contributed by atoms with E-state index in [1.807, 2.05) is 0 Å². The maximum absolute atomic E-state index is 12.3. The first-order valence-electron chi connectivity index (χ1n) is 6.27. The molecule has 3 heterocycles. The summed E-state index contributed by atoms with van der Waals surface area (Å²) < 4.78 is 0. The van der Waals surface area contributed by atoms with Crippen LogP contribution in [-0.2, 0) is 16.1 Å². The highest BCUT2D eigenvalue weighted by Crippen LogP contribution is 2.33. The summed E-state index contributed by atoms with van der Waals surface area (Å²) in [5.41, 5.74) is 1.21. The summed E-state index contributed by atoms with van der Waals surface area (Å²) in [7, 11) is 0. The Morgan fingerprint density at radius 3 is 2.95 bits per heavy atom. The van der Waals surface area contributed by atoms with Crippen LogP contribution in [0.5, 0.6) is 0 Å². The second-order valence-corrected chi connectivity index (χ2v) is 5.70. The Morgan fingerprint density at radius 2 is 2.20 bits per heavy atom. The highest BCUT2D eigenvalue weighted by molar-refractivity contribution is 7.11. The Morgan fingerprint density at radius 1 is 1.40 bits per heavy atom. The molecule has 1 aromatic rings. The summed E-state index contributed by atoms with van der Waals surface area (Å²) >= 11 is 1.25. The molecule has 1 aromatic heterocycles. The zero-order valence-corrected chi connectivity index (χ0v) is 11.3. The molecule has 1 fully saturated rings. The first-order valence-corrected chi connectivity index (χ1v) is 7.15. The topological polar surface area (TPSA) is 90.3 Å². The molecule has 1 atom stereocenters. The monoisotopic (exact) mass is 289 g/mol. The van der Waals surface area contributed by atoms with Gasteiger partial charge in [-0.3, -0.25) is 19.7 Å². The van der Waals surface area contributed by atoms with E-state index in [-0.39, 0.29) is 18.4 Å². The van der Waals surface area contributed by atoms with Gasteiger partial charge >= 0.3 is 0 Å². The number of imide groups is 1. The molecule has 102 valence electrons. The molecule has 0 bridgehead atoms. The third kappa shape index (κ3) is 1.89. The van der Waals surface area contributed by atoms with Gasteiger partial charge in [0.2, 0.25) is 11.8 Å². The van der Waals surface area contributed by atoms with Crippen LogP contribution in [0, 0.1) is 11.3 Å². The number of carbonyl (C=O) groups excluding carboxylic acids is 3. The minimum Gasteiger partial charge on any atom is -0.322 e. The molecule has 7 heteroatoms. The summed E-state index contributed by atoms with van der Waals surface area (Å²) in [6.07, 6.45) is 1.35. The number of hydrogen-bond donors (Lipinski definition) is 1. The predicted octanol–water partition coefficient (Wildman–Crippen LogP) is 0.771. The second-order valence-electron chi connectivity index (χ2n) is 4.82. The van der Waals surface area contributed by atoms with Crippen LogP contribution in [0.15, 0.2) is 5.38 Å². The molecule has 0 unspecified atom stereocenters. The van der Waals surface area contributed by atoms with Crippen molar-refractivity contribution in [3.63, 3.8) is 0 Å². The van der Waals surface area contributed by atoms with Gasteiger partial charge in [-0.15, -0.1) is 11.3 Å². The van der Waals surface area contributed by atoms with E-state index in [0.29, 0.717) is 35.3 Å². The third-order valence-electron chi connectivity index (χ3n) is 3.64. The van der Waals surface area contributed by atoms with Gasteiger partial charge < -0.3 is 4.90 Å². The Kier molecular flexibility index (Phi) is 3.03. The third-order valence-corrected chi connectivity index (χ3v) is 4.56. The number of nitrogens with zero attached hydrogens (tertiary/aromatic N) is 2. The molecule has 2 aliphatic rings. The molecule has 20 heavy (non-hydrogen) atoms. The lowest BCUT2D eigenvalue weighted by molar-refractivity contribution is -0.132. The molecular weight excluding hydrogens is 278 g/mol. The van der Waals surface area contributed by atoms with Crippen LogP contribution < -0.4 is 5.32 Å². The van der Waals surface area contributed by atoms with Crippen molar-refractivity contribution in [1.29, 1.82) is 5.26 Å². The minimum absolute atomic E-state index is 0.229. The van der Waals surface area contributed by atoms with Crippen LogP contribution in [0.1, 0.15) is 40.1 Å². The summed E-state index contributed by atoms with van der Waals surface area (Å²) in [5.74, 6) is -0.948. The lowest BCUT2D eigenvalue weighted by atomic mass is 10.1. The normalized spacial score (nSPS) is 22.2. The van der Waals surface area contributed by atoms with Crippen molar-refractivity contribution < 1.29 is 14.4 Å². The van der Waals surface area contributed by atoms with E-state index in [0.717, 1.165) is 0 Å². The number of nitrogens with one attached hydrogen (secondary N) is 1. The smallest absolute Gasteiger partial charge is 0.256 e. The van der Waals surface area contributed by atoms with Crippen molar-refractivity contribution in [1.82, 2.24) is 10.2 Å². The summed E-state index contributed by atoms with van der Waals surface area (Å²) in [5, 5.41) is 13.0. The lowest BCUT2D eigenvalue weighted by Gasteiger charge is -2.24. The first kappa shape index (κ1) is 12.8. The van der Waals surface area contributed by atoms with E-state index in [1.165, 1.54) is 16.2 Å². The highest BCUT2D eigenvalue weighted by Gasteiger charge is 2.39. The summed E-state index contributed by atoms with van der Waals surface area (Å²) in [4.78, 5) is 37.6. The number of thiophene rings is 1. The average Bonchev–Trinajstić information content (AvgIpc) is 2.90. The molecule has 1 saturated heterocycles. The van der Waals surface area contributed by atoms with Crippen molar-refractivity contribution in [2.75, 3.05) is 0 Å². The van der Waals surface area contributed by atoms with Crippen molar-refractivity contribution >= 4 is 29.1 Å².